The number of alkyl halides is 7. The summed E-state index contributed by atoms with van der Waals surface area (Å²) in [4.78, 5) is 0. The molecule has 0 fully saturated rings. The average molecular weight is 372 g/mol. The zero-order valence-electron chi connectivity index (χ0n) is 8.98. The van der Waals surface area contributed by atoms with E-state index in [1.807, 2.05) is 0 Å². The van der Waals surface area contributed by atoms with Gasteiger partial charge in [-0.3, -0.25) is 0 Å². The molecule has 1 aromatic carbocycles. The van der Waals surface area contributed by atoms with Crippen LogP contribution >= 0.6 is 27.5 Å². The molecule has 0 aromatic heterocycles. The average Bonchev–Trinajstić information content (AvgIpc) is 2.18. The van der Waals surface area contributed by atoms with Crippen LogP contribution < -0.4 is 0 Å². The zero-order chi connectivity index (χ0) is 15.2. The van der Waals surface area contributed by atoms with Crippen molar-refractivity contribution in [3.8, 4) is 0 Å². The number of hydrogen-bond acceptors (Lipinski definition) is 0. The maximum atomic E-state index is 13.8. The van der Waals surface area contributed by atoms with Crippen LogP contribution in [0.2, 0.25) is 5.02 Å². The second kappa shape index (κ2) is 4.80. The van der Waals surface area contributed by atoms with Gasteiger partial charge < -0.3 is 0 Å². The number of rotatable bonds is 1. The summed E-state index contributed by atoms with van der Waals surface area (Å²) in [5, 5.41) is -0.550. The normalized spacial score (nSPS) is 13.8. The second-order valence-electron chi connectivity index (χ2n) is 3.62. The van der Waals surface area contributed by atoms with Crippen LogP contribution in [0.25, 0.3) is 0 Å². The molecule has 0 aliphatic rings. The highest BCUT2D eigenvalue weighted by Crippen LogP contribution is 2.55. The SMILES string of the molecule is Cc1[c]c(Cl)cc(C(F)(C(F)(F)F)C(F)(F)F)c1Br. The molecule has 0 saturated carbocycles. The van der Waals surface area contributed by atoms with Crippen LogP contribution in [0.1, 0.15) is 11.1 Å². The van der Waals surface area contributed by atoms with E-state index in [0.717, 1.165) is 6.92 Å². The minimum Gasteiger partial charge on any atom is -0.218 e. The number of aryl methyl sites for hydroxylation is 1. The molecular formula is C10H4BrClF7. The highest BCUT2D eigenvalue weighted by molar-refractivity contribution is 9.10. The largest absolute Gasteiger partial charge is 0.435 e. The predicted octanol–water partition coefficient (Wildman–Crippen LogP) is 5.50. The van der Waals surface area contributed by atoms with E-state index < -0.39 is 33.1 Å². The van der Waals surface area contributed by atoms with E-state index in [2.05, 4.69) is 22.0 Å². The Morgan fingerprint density at radius 3 is 1.84 bits per heavy atom. The lowest BCUT2D eigenvalue weighted by Crippen LogP contribution is -2.50. The Bertz CT molecular complexity index is 478. The third-order valence-electron chi connectivity index (χ3n) is 2.30. The van der Waals surface area contributed by atoms with Gasteiger partial charge in [-0.15, -0.1) is 0 Å². The first kappa shape index (κ1) is 16.6. The molecule has 0 N–H and O–H groups in total. The van der Waals surface area contributed by atoms with Crippen molar-refractivity contribution in [3.05, 3.63) is 32.8 Å². The van der Waals surface area contributed by atoms with Crippen molar-refractivity contribution in [3.63, 3.8) is 0 Å². The van der Waals surface area contributed by atoms with E-state index >= 15 is 0 Å². The van der Waals surface area contributed by atoms with Gasteiger partial charge in [0, 0.05) is 21.1 Å². The van der Waals surface area contributed by atoms with E-state index in [1.54, 1.807) is 0 Å². The van der Waals surface area contributed by atoms with Crippen LogP contribution in [0.3, 0.4) is 0 Å². The molecule has 0 saturated heterocycles. The van der Waals surface area contributed by atoms with Gasteiger partial charge in [-0.25, -0.2) is 4.39 Å². The van der Waals surface area contributed by atoms with Crippen LogP contribution in [-0.2, 0) is 5.67 Å². The molecule has 0 amide bonds. The quantitative estimate of drug-likeness (QED) is 0.571. The molecule has 1 aromatic rings. The van der Waals surface area contributed by atoms with E-state index in [1.165, 1.54) is 0 Å². The molecule has 1 radical (unpaired) electrons. The van der Waals surface area contributed by atoms with Gasteiger partial charge >= 0.3 is 18.0 Å². The summed E-state index contributed by atoms with van der Waals surface area (Å²) < 4.78 is 88.5. The lowest BCUT2D eigenvalue weighted by Gasteiger charge is -2.31. The van der Waals surface area contributed by atoms with Gasteiger partial charge in [-0.1, -0.05) is 27.5 Å². The van der Waals surface area contributed by atoms with Crippen molar-refractivity contribution in [2.45, 2.75) is 24.9 Å². The Balaban J connectivity index is 3.71. The first-order valence-electron chi connectivity index (χ1n) is 4.53. The van der Waals surface area contributed by atoms with Crippen molar-refractivity contribution < 1.29 is 30.7 Å². The minimum absolute atomic E-state index is 0.168. The molecular weight excluding hydrogens is 368 g/mol. The van der Waals surface area contributed by atoms with Crippen LogP contribution in [0, 0.1) is 13.0 Å². The monoisotopic (exact) mass is 371 g/mol. The Kier molecular flexibility index (Phi) is 4.18. The molecule has 19 heavy (non-hydrogen) atoms. The maximum absolute atomic E-state index is 13.8. The van der Waals surface area contributed by atoms with Crippen LogP contribution in [0.4, 0.5) is 30.7 Å². The summed E-state index contributed by atoms with van der Waals surface area (Å²) in [7, 11) is 0. The number of hydrogen-bond donors (Lipinski definition) is 0. The summed E-state index contributed by atoms with van der Waals surface area (Å²) in [5.74, 6) is 0. The fraction of sp³-hybridized carbons (Fsp3) is 0.400. The first-order valence-corrected chi connectivity index (χ1v) is 5.70. The third-order valence-corrected chi connectivity index (χ3v) is 3.52. The Morgan fingerprint density at radius 1 is 1.05 bits per heavy atom. The van der Waals surface area contributed by atoms with Gasteiger partial charge in [0.25, 0.3) is 0 Å². The van der Waals surface area contributed by atoms with Gasteiger partial charge in [0.05, 0.1) is 0 Å². The van der Waals surface area contributed by atoms with E-state index in [0.29, 0.717) is 0 Å². The third kappa shape index (κ3) is 2.69. The molecule has 0 heterocycles. The lowest BCUT2D eigenvalue weighted by atomic mass is 9.93. The molecule has 0 spiro atoms. The highest BCUT2D eigenvalue weighted by Gasteiger charge is 2.74. The van der Waals surface area contributed by atoms with Gasteiger partial charge in [0.1, 0.15) is 0 Å². The Labute approximate surface area is 116 Å². The van der Waals surface area contributed by atoms with E-state index in [4.69, 9.17) is 11.6 Å². The first-order chi connectivity index (χ1) is 8.32. The maximum Gasteiger partial charge on any atom is 0.435 e. The summed E-state index contributed by atoms with van der Waals surface area (Å²) in [6.45, 7) is 1.15. The molecule has 0 unspecified atom stereocenters. The summed E-state index contributed by atoms with van der Waals surface area (Å²) in [6.07, 6.45) is -12.4. The van der Waals surface area contributed by atoms with Crippen molar-refractivity contribution in [2.24, 2.45) is 0 Å². The minimum atomic E-state index is -6.18. The summed E-state index contributed by atoms with van der Waals surface area (Å²) in [5.41, 5.74) is -7.32. The van der Waals surface area contributed by atoms with Crippen molar-refractivity contribution in [1.29, 1.82) is 0 Å². The smallest absolute Gasteiger partial charge is 0.218 e. The van der Waals surface area contributed by atoms with Crippen molar-refractivity contribution >= 4 is 27.5 Å². The summed E-state index contributed by atoms with van der Waals surface area (Å²) >= 11 is 7.86. The molecule has 0 bridgehead atoms. The van der Waals surface area contributed by atoms with Crippen LogP contribution in [-0.4, -0.2) is 12.4 Å². The lowest BCUT2D eigenvalue weighted by molar-refractivity contribution is -0.348. The molecule has 9 heteroatoms. The van der Waals surface area contributed by atoms with Gasteiger partial charge in [0.15, 0.2) is 0 Å². The van der Waals surface area contributed by atoms with Crippen molar-refractivity contribution in [1.82, 2.24) is 0 Å². The fourth-order valence-corrected chi connectivity index (χ4v) is 2.12. The van der Waals surface area contributed by atoms with Gasteiger partial charge in [0.2, 0.25) is 0 Å². The molecule has 0 nitrogen and oxygen atoms in total. The van der Waals surface area contributed by atoms with Gasteiger partial charge in [-0.2, -0.15) is 26.3 Å². The topological polar surface area (TPSA) is 0 Å². The number of halogens is 9. The Morgan fingerprint density at radius 2 is 1.47 bits per heavy atom. The van der Waals surface area contributed by atoms with Crippen molar-refractivity contribution in [2.75, 3.05) is 0 Å². The molecule has 1 rings (SSSR count). The van der Waals surface area contributed by atoms with Crippen LogP contribution in [0.5, 0.6) is 0 Å². The Hall–Kier alpha value is -0.500. The van der Waals surface area contributed by atoms with Gasteiger partial charge in [-0.05, 0) is 18.6 Å². The summed E-state index contributed by atoms with van der Waals surface area (Å²) in [6, 6.07) is 2.52. The zero-order valence-corrected chi connectivity index (χ0v) is 11.3. The van der Waals surface area contributed by atoms with E-state index in [9.17, 15) is 30.7 Å². The molecule has 107 valence electrons. The molecule has 0 aliphatic heterocycles. The highest BCUT2D eigenvalue weighted by atomic mass is 79.9. The predicted molar refractivity (Wildman–Crippen MR) is 57.6 cm³/mol. The number of benzene rings is 1. The van der Waals surface area contributed by atoms with Crippen LogP contribution in [0.15, 0.2) is 10.5 Å². The standard InChI is InChI=1S/C10H4BrClF7/c1-4-2-5(12)3-6(7(4)11)8(13,9(14,15)16)10(17,18)19/h3H,1H3. The van der Waals surface area contributed by atoms with E-state index in [-0.39, 0.29) is 11.6 Å². The fourth-order valence-electron chi connectivity index (χ4n) is 1.38. The second-order valence-corrected chi connectivity index (χ2v) is 4.82. The molecule has 0 aliphatic carbocycles. The molecule has 0 atom stereocenters.